The predicted octanol–water partition coefficient (Wildman–Crippen LogP) is 3.30. The normalized spacial score (nSPS) is 26.4. The largest absolute Gasteiger partial charge is 0.453 e. The standard InChI is InChI=1S/C21H21FN2O3/c22-17-11-13(6-8-18(17)27-14-3-2-10-23-12-14)7-9-19(25)24-20-15-4-1-5-16(15)21(20)26/h2-3,6-12,15-16,20-21,26H,1,4-5H2,(H,24,25)/b9-7+/t15-,16+,20-,21+/m1/s1. The highest BCUT2D eigenvalue weighted by Gasteiger charge is 2.51. The Labute approximate surface area is 156 Å². The number of aromatic nitrogens is 1. The molecule has 140 valence electrons. The van der Waals surface area contributed by atoms with E-state index in [0.29, 0.717) is 23.1 Å². The summed E-state index contributed by atoms with van der Waals surface area (Å²) in [5, 5.41) is 13.0. The highest BCUT2D eigenvalue weighted by atomic mass is 19.1. The highest BCUT2D eigenvalue weighted by molar-refractivity contribution is 5.92. The lowest BCUT2D eigenvalue weighted by molar-refractivity contribution is -0.123. The van der Waals surface area contributed by atoms with Crippen LogP contribution < -0.4 is 10.1 Å². The van der Waals surface area contributed by atoms with E-state index in [9.17, 15) is 14.3 Å². The van der Waals surface area contributed by atoms with E-state index < -0.39 is 11.9 Å². The molecule has 2 fully saturated rings. The van der Waals surface area contributed by atoms with Gasteiger partial charge in [0.05, 0.1) is 18.3 Å². The average molecular weight is 368 g/mol. The third kappa shape index (κ3) is 3.71. The lowest BCUT2D eigenvalue weighted by Gasteiger charge is -2.46. The molecule has 0 unspecified atom stereocenters. The number of halogens is 1. The van der Waals surface area contributed by atoms with Crippen LogP contribution in [0.3, 0.4) is 0 Å². The first-order valence-corrected chi connectivity index (χ1v) is 9.16. The minimum absolute atomic E-state index is 0.0921. The number of fused-ring (bicyclic) bond motifs is 1. The molecule has 2 aromatic rings. The van der Waals surface area contributed by atoms with E-state index in [1.165, 1.54) is 24.4 Å². The Bertz CT molecular complexity index is 856. The molecule has 4 atom stereocenters. The number of carbonyl (C=O) groups is 1. The number of rotatable bonds is 5. The quantitative estimate of drug-likeness (QED) is 0.795. The molecule has 2 aliphatic carbocycles. The maximum Gasteiger partial charge on any atom is 0.244 e. The van der Waals surface area contributed by atoms with Gasteiger partial charge in [0.25, 0.3) is 0 Å². The average Bonchev–Trinajstić information content (AvgIpc) is 3.12. The van der Waals surface area contributed by atoms with E-state index in [1.807, 2.05) is 0 Å². The topological polar surface area (TPSA) is 71.5 Å². The van der Waals surface area contributed by atoms with Crippen LogP contribution in [-0.2, 0) is 4.79 Å². The molecule has 0 spiro atoms. The van der Waals surface area contributed by atoms with Crippen LogP contribution in [0.2, 0.25) is 0 Å². The minimum atomic E-state index is -0.523. The molecule has 1 aromatic heterocycles. The summed E-state index contributed by atoms with van der Waals surface area (Å²) in [4.78, 5) is 16.0. The van der Waals surface area contributed by atoms with E-state index in [2.05, 4.69) is 10.3 Å². The summed E-state index contributed by atoms with van der Waals surface area (Å²) in [5.41, 5.74) is 0.550. The van der Waals surface area contributed by atoms with Crippen molar-refractivity contribution in [3.63, 3.8) is 0 Å². The Kier molecular flexibility index (Phi) is 4.90. The summed E-state index contributed by atoms with van der Waals surface area (Å²) in [6.07, 6.45) is 8.78. The second kappa shape index (κ2) is 7.48. The number of carbonyl (C=O) groups excluding carboxylic acids is 1. The third-order valence-corrected chi connectivity index (χ3v) is 5.45. The maximum atomic E-state index is 14.2. The van der Waals surface area contributed by atoms with Crippen LogP contribution in [0.15, 0.2) is 48.8 Å². The number of hydrogen-bond acceptors (Lipinski definition) is 4. The van der Waals surface area contributed by atoms with Gasteiger partial charge < -0.3 is 15.2 Å². The van der Waals surface area contributed by atoms with Gasteiger partial charge in [-0.2, -0.15) is 0 Å². The predicted molar refractivity (Wildman–Crippen MR) is 98.5 cm³/mol. The minimum Gasteiger partial charge on any atom is -0.453 e. The van der Waals surface area contributed by atoms with Gasteiger partial charge in [0.2, 0.25) is 5.91 Å². The van der Waals surface area contributed by atoms with Crippen LogP contribution in [0.4, 0.5) is 4.39 Å². The second-order valence-electron chi connectivity index (χ2n) is 7.10. The Balaban J connectivity index is 1.36. The lowest BCUT2D eigenvalue weighted by Crippen LogP contribution is -2.61. The van der Waals surface area contributed by atoms with Crippen molar-refractivity contribution in [2.24, 2.45) is 11.8 Å². The summed E-state index contributed by atoms with van der Waals surface area (Å²) in [6.45, 7) is 0. The fraction of sp³-hybridized carbons (Fsp3) is 0.333. The Hall–Kier alpha value is -2.73. The fourth-order valence-corrected chi connectivity index (χ4v) is 4.08. The number of aliphatic hydroxyl groups excluding tert-OH is 1. The number of hydrogen-bond donors (Lipinski definition) is 2. The van der Waals surface area contributed by atoms with E-state index >= 15 is 0 Å². The summed E-state index contributed by atoms with van der Waals surface area (Å²) in [7, 11) is 0. The van der Waals surface area contributed by atoms with Gasteiger partial charge in [-0.25, -0.2) is 4.39 Å². The molecular weight excluding hydrogens is 347 g/mol. The molecule has 0 aliphatic heterocycles. The molecule has 0 radical (unpaired) electrons. The van der Waals surface area contributed by atoms with Gasteiger partial charge >= 0.3 is 0 Å². The monoisotopic (exact) mass is 368 g/mol. The number of benzene rings is 1. The van der Waals surface area contributed by atoms with Crippen molar-refractivity contribution in [1.29, 1.82) is 0 Å². The van der Waals surface area contributed by atoms with Crippen LogP contribution in [0.25, 0.3) is 6.08 Å². The molecule has 4 rings (SSSR count). The number of nitrogens with one attached hydrogen (secondary N) is 1. The molecule has 2 saturated carbocycles. The van der Waals surface area contributed by atoms with E-state index in [-0.39, 0.29) is 17.7 Å². The zero-order valence-electron chi connectivity index (χ0n) is 14.7. The van der Waals surface area contributed by atoms with Gasteiger partial charge in [-0.05, 0) is 60.6 Å². The molecule has 5 nitrogen and oxygen atoms in total. The summed E-state index contributed by atoms with van der Waals surface area (Å²) >= 11 is 0. The Morgan fingerprint density at radius 1 is 1.30 bits per heavy atom. The molecule has 1 aromatic carbocycles. The number of nitrogens with zero attached hydrogens (tertiary/aromatic N) is 1. The van der Waals surface area contributed by atoms with Gasteiger partial charge in [0.15, 0.2) is 11.6 Å². The molecule has 6 heteroatoms. The zero-order chi connectivity index (χ0) is 18.8. The van der Waals surface area contributed by atoms with Crippen molar-refractivity contribution in [2.45, 2.75) is 31.4 Å². The van der Waals surface area contributed by atoms with Crippen molar-refractivity contribution in [3.8, 4) is 11.5 Å². The SMILES string of the molecule is O=C(/C=C/c1ccc(Oc2cccnc2)c(F)c1)N[C@H]1[C@@H](O)[C@H]2CCC[C@H]21. The number of pyridine rings is 1. The molecule has 27 heavy (non-hydrogen) atoms. The molecular formula is C21H21FN2O3. The van der Waals surface area contributed by atoms with Crippen LogP contribution in [-0.4, -0.2) is 28.1 Å². The first kappa shape index (κ1) is 17.7. The fourth-order valence-electron chi connectivity index (χ4n) is 4.08. The zero-order valence-corrected chi connectivity index (χ0v) is 14.7. The molecule has 1 amide bonds. The lowest BCUT2D eigenvalue weighted by atomic mass is 9.69. The van der Waals surface area contributed by atoms with Gasteiger partial charge in [0, 0.05) is 12.3 Å². The van der Waals surface area contributed by atoms with E-state index in [4.69, 9.17) is 4.74 Å². The number of amides is 1. The van der Waals surface area contributed by atoms with Crippen molar-refractivity contribution < 1.29 is 19.0 Å². The molecule has 0 saturated heterocycles. The second-order valence-corrected chi connectivity index (χ2v) is 7.10. The van der Waals surface area contributed by atoms with Crippen LogP contribution >= 0.6 is 0 Å². The number of ether oxygens (including phenoxy) is 1. The van der Waals surface area contributed by atoms with Crippen LogP contribution in [0.5, 0.6) is 11.5 Å². The molecule has 1 heterocycles. The van der Waals surface area contributed by atoms with Crippen LogP contribution in [0, 0.1) is 17.7 Å². The van der Waals surface area contributed by atoms with Crippen molar-refractivity contribution in [2.75, 3.05) is 0 Å². The van der Waals surface area contributed by atoms with E-state index in [1.54, 1.807) is 30.5 Å². The molecule has 0 bridgehead atoms. The summed E-state index contributed by atoms with van der Waals surface area (Å²) in [6, 6.07) is 7.72. The smallest absolute Gasteiger partial charge is 0.244 e. The highest BCUT2D eigenvalue weighted by Crippen LogP contribution is 2.47. The summed E-state index contributed by atoms with van der Waals surface area (Å²) in [5.74, 6) is 0.461. The Morgan fingerprint density at radius 2 is 2.15 bits per heavy atom. The Morgan fingerprint density at radius 3 is 2.93 bits per heavy atom. The van der Waals surface area contributed by atoms with Crippen molar-refractivity contribution in [3.05, 3.63) is 60.2 Å². The molecule has 2 N–H and O–H groups in total. The maximum absolute atomic E-state index is 14.2. The first-order valence-electron chi connectivity index (χ1n) is 9.16. The first-order chi connectivity index (χ1) is 13.1. The number of aliphatic hydroxyl groups is 1. The van der Waals surface area contributed by atoms with Gasteiger partial charge in [-0.1, -0.05) is 12.5 Å². The van der Waals surface area contributed by atoms with Gasteiger partial charge in [0.1, 0.15) is 5.75 Å². The van der Waals surface area contributed by atoms with Gasteiger partial charge in [-0.15, -0.1) is 0 Å². The third-order valence-electron chi connectivity index (χ3n) is 5.45. The van der Waals surface area contributed by atoms with Crippen LogP contribution in [0.1, 0.15) is 24.8 Å². The molecule has 2 aliphatic rings. The van der Waals surface area contributed by atoms with E-state index in [0.717, 1.165) is 19.3 Å². The van der Waals surface area contributed by atoms with Crippen molar-refractivity contribution >= 4 is 12.0 Å². The summed E-state index contributed by atoms with van der Waals surface area (Å²) < 4.78 is 19.7. The van der Waals surface area contributed by atoms with Crippen molar-refractivity contribution in [1.82, 2.24) is 10.3 Å². The van der Waals surface area contributed by atoms with Gasteiger partial charge in [-0.3, -0.25) is 9.78 Å².